The van der Waals surface area contributed by atoms with Crippen LogP contribution in [0.5, 0.6) is 0 Å². The molecule has 0 aromatic heterocycles. The lowest BCUT2D eigenvalue weighted by Gasteiger charge is -2.26. The van der Waals surface area contributed by atoms with Crippen LogP contribution < -0.4 is 10.2 Å². The third-order valence-electron chi connectivity index (χ3n) is 4.60. The van der Waals surface area contributed by atoms with Gasteiger partial charge >= 0.3 is 0 Å². The monoisotopic (exact) mass is 276 g/mol. The normalized spacial score (nSPS) is 23.7. The first-order valence-electron chi connectivity index (χ1n) is 8.00. The minimum absolute atomic E-state index is 0.0621. The molecule has 1 saturated heterocycles. The molecule has 2 nitrogen and oxygen atoms in total. The number of hydrogen-bond acceptors (Lipinski definition) is 2. The van der Waals surface area contributed by atoms with E-state index in [1.807, 2.05) is 6.07 Å². The molecule has 110 valence electrons. The molecule has 3 rings (SSSR count). The summed E-state index contributed by atoms with van der Waals surface area (Å²) in [6, 6.07) is 6.14. The van der Waals surface area contributed by atoms with E-state index in [9.17, 15) is 4.39 Å². The maximum Gasteiger partial charge on any atom is 0.129 e. The van der Waals surface area contributed by atoms with Crippen LogP contribution in [-0.2, 0) is 6.54 Å². The largest absolute Gasteiger partial charge is 0.371 e. The van der Waals surface area contributed by atoms with E-state index in [1.165, 1.54) is 32.1 Å². The average Bonchev–Trinajstić information content (AvgIpc) is 3.25. The lowest BCUT2D eigenvalue weighted by atomic mass is 10.0. The zero-order valence-electron chi connectivity index (χ0n) is 12.4. The van der Waals surface area contributed by atoms with Gasteiger partial charge in [0.25, 0.3) is 0 Å². The summed E-state index contributed by atoms with van der Waals surface area (Å²) in [5, 5.41) is 3.45. The maximum atomic E-state index is 14.2. The number of halogens is 1. The van der Waals surface area contributed by atoms with Crippen molar-refractivity contribution in [3.63, 3.8) is 0 Å². The zero-order valence-corrected chi connectivity index (χ0v) is 12.4. The number of nitrogens with zero attached hydrogens (tertiary/aromatic N) is 1. The first-order chi connectivity index (χ1) is 9.74. The molecule has 1 aliphatic carbocycles. The molecular formula is C17H25FN2. The van der Waals surface area contributed by atoms with Gasteiger partial charge in [-0.25, -0.2) is 4.39 Å². The molecule has 0 radical (unpaired) electrons. The minimum Gasteiger partial charge on any atom is -0.371 e. The van der Waals surface area contributed by atoms with E-state index in [0.717, 1.165) is 30.3 Å². The molecule has 20 heavy (non-hydrogen) atoms. The van der Waals surface area contributed by atoms with Crippen LogP contribution in [0.15, 0.2) is 18.2 Å². The molecule has 1 saturated carbocycles. The Labute approximate surface area is 121 Å². The Hall–Kier alpha value is -1.09. The standard InChI is InChI=1S/C17H25FN2/c1-13-4-3-10-20(11-9-13)17-6-2-5-16(18)15(17)12-19-14-7-8-14/h2,5-6,13-14,19H,3-4,7-12H2,1H3. The summed E-state index contributed by atoms with van der Waals surface area (Å²) in [7, 11) is 0. The quantitative estimate of drug-likeness (QED) is 0.902. The van der Waals surface area contributed by atoms with Gasteiger partial charge in [0.05, 0.1) is 0 Å². The van der Waals surface area contributed by atoms with Gasteiger partial charge in [0.1, 0.15) is 5.82 Å². The van der Waals surface area contributed by atoms with Crippen LogP contribution in [0.25, 0.3) is 0 Å². The summed E-state index contributed by atoms with van der Waals surface area (Å²) in [5.74, 6) is 0.731. The van der Waals surface area contributed by atoms with E-state index in [2.05, 4.69) is 23.2 Å². The Balaban J connectivity index is 1.77. The second-order valence-electron chi connectivity index (χ2n) is 6.42. The van der Waals surface area contributed by atoms with E-state index in [1.54, 1.807) is 6.07 Å². The molecule has 2 fully saturated rings. The van der Waals surface area contributed by atoms with Crippen molar-refractivity contribution in [3.8, 4) is 0 Å². The fourth-order valence-corrected chi connectivity index (χ4v) is 3.06. The van der Waals surface area contributed by atoms with Crippen molar-refractivity contribution in [3.05, 3.63) is 29.6 Å². The van der Waals surface area contributed by atoms with Gasteiger partial charge in [-0.3, -0.25) is 0 Å². The second-order valence-corrected chi connectivity index (χ2v) is 6.42. The Morgan fingerprint density at radius 2 is 2.05 bits per heavy atom. The molecule has 3 heteroatoms. The van der Waals surface area contributed by atoms with Gasteiger partial charge in [0.2, 0.25) is 0 Å². The predicted octanol–water partition coefficient (Wildman–Crippen LogP) is 3.70. The number of nitrogens with one attached hydrogen (secondary N) is 1. The van der Waals surface area contributed by atoms with Crippen molar-refractivity contribution in [2.45, 2.75) is 51.6 Å². The summed E-state index contributed by atoms with van der Waals surface area (Å²) in [5.41, 5.74) is 1.96. The van der Waals surface area contributed by atoms with Crippen molar-refractivity contribution in [1.82, 2.24) is 5.32 Å². The molecule has 1 aliphatic heterocycles. The lowest BCUT2D eigenvalue weighted by Crippen LogP contribution is -2.27. The van der Waals surface area contributed by atoms with E-state index >= 15 is 0 Å². The van der Waals surface area contributed by atoms with Gasteiger partial charge in [-0.05, 0) is 50.2 Å². The number of benzene rings is 1. The van der Waals surface area contributed by atoms with Gasteiger partial charge in [-0.2, -0.15) is 0 Å². The topological polar surface area (TPSA) is 15.3 Å². The summed E-state index contributed by atoms with van der Waals surface area (Å²) in [4.78, 5) is 2.39. The summed E-state index contributed by atoms with van der Waals surface area (Å²) < 4.78 is 14.2. The van der Waals surface area contributed by atoms with E-state index < -0.39 is 0 Å². The molecule has 1 N–H and O–H groups in total. The van der Waals surface area contributed by atoms with Crippen LogP contribution in [0.2, 0.25) is 0 Å². The van der Waals surface area contributed by atoms with Crippen molar-refractivity contribution in [1.29, 1.82) is 0 Å². The Bertz CT molecular complexity index is 456. The van der Waals surface area contributed by atoms with Crippen molar-refractivity contribution in [2.24, 2.45) is 5.92 Å². The van der Waals surface area contributed by atoms with E-state index in [-0.39, 0.29) is 5.82 Å². The van der Waals surface area contributed by atoms with Crippen molar-refractivity contribution >= 4 is 5.69 Å². The highest BCUT2D eigenvalue weighted by Gasteiger charge is 2.23. The first-order valence-corrected chi connectivity index (χ1v) is 8.00. The number of rotatable bonds is 4. The van der Waals surface area contributed by atoms with Crippen LogP contribution in [0.1, 0.15) is 44.6 Å². The number of hydrogen-bond donors (Lipinski definition) is 1. The first kappa shape index (κ1) is 13.9. The molecule has 1 aromatic carbocycles. The van der Waals surface area contributed by atoms with Gasteiger partial charge in [-0.1, -0.05) is 13.0 Å². The third-order valence-corrected chi connectivity index (χ3v) is 4.60. The molecule has 1 atom stereocenters. The van der Waals surface area contributed by atoms with Crippen LogP contribution >= 0.6 is 0 Å². The number of anilines is 1. The van der Waals surface area contributed by atoms with Crippen LogP contribution in [0, 0.1) is 11.7 Å². The maximum absolute atomic E-state index is 14.2. The van der Waals surface area contributed by atoms with Crippen molar-refractivity contribution in [2.75, 3.05) is 18.0 Å². The zero-order chi connectivity index (χ0) is 13.9. The van der Waals surface area contributed by atoms with Crippen molar-refractivity contribution < 1.29 is 4.39 Å². The molecule has 1 unspecified atom stereocenters. The Kier molecular flexibility index (Phi) is 4.25. The molecule has 1 heterocycles. The molecule has 1 aromatic rings. The highest BCUT2D eigenvalue weighted by Crippen LogP contribution is 2.28. The third kappa shape index (κ3) is 3.32. The average molecular weight is 276 g/mol. The van der Waals surface area contributed by atoms with Crippen LogP contribution in [0.4, 0.5) is 10.1 Å². The molecule has 0 bridgehead atoms. The van der Waals surface area contributed by atoms with E-state index in [4.69, 9.17) is 0 Å². The minimum atomic E-state index is -0.0621. The molecular weight excluding hydrogens is 251 g/mol. The summed E-state index contributed by atoms with van der Waals surface area (Å²) in [6.45, 7) is 5.11. The molecule has 0 spiro atoms. The lowest BCUT2D eigenvalue weighted by molar-refractivity contribution is 0.521. The fourth-order valence-electron chi connectivity index (χ4n) is 3.06. The molecule has 0 amide bonds. The van der Waals surface area contributed by atoms with Gasteiger partial charge < -0.3 is 10.2 Å². The van der Waals surface area contributed by atoms with E-state index in [0.29, 0.717) is 12.6 Å². The van der Waals surface area contributed by atoms with Crippen LogP contribution in [0.3, 0.4) is 0 Å². The van der Waals surface area contributed by atoms with Crippen LogP contribution in [-0.4, -0.2) is 19.1 Å². The predicted molar refractivity (Wildman–Crippen MR) is 81.5 cm³/mol. The highest BCUT2D eigenvalue weighted by atomic mass is 19.1. The van der Waals surface area contributed by atoms with Gasteiger partial charge in [-0.15, -0.1) is 0 Å². The Morgan fingerprint density at radius 1 is 1.20 bits per heavy atom. The Morgan fingerprint density at radius 3 is 2.85 bits per heavy atom. The summed E-state index contributed by atoms with van der Waals surface area (Å²) >= 11 is 0. The van der Waals surface area contributed by atoms with Gasteiger partial charge in [0, 0.05) is 36.9 Å². The van der Waals surface area contributed by atoms with Gasteiger partial charge in [0.15, 0.2) is 0 Å². The molecule has 2 aliphatic rings. The highest BCUT2D eigenvalue weighted by molar-refractivity contribution is 5.54. The summed E-state index contributed by atoms with van der Waals surface area (Å²) in [6.07, 6.45) is 6.21. The smallest absolute Gasteiger partial charge is 0.129 e. The second kappa shape index (κ2) is 6.13. The SMILES string of the molecule is CC1CCCN(c2cccc(F)c2CNC2CC2)CC1. The fraction of sp³-hybridized carbons (Fsp3) is 0.647.